The van der Waals surface area contributed by atoms with Gasteiger partial charge in [-0.2, -0.15) is 5.26 Å². The van der Waals surface area contributed by atoms with Gasteiger partial charge in [-0.1, -0.05) is 35.3 Å². The molecule has 1 unspecified atom stereocenters. The van der Waals surface area contributed by atoms with Gasteiger partial charge in [0.1, 0.15) is 5.75 Å². The summed E-state index contributed by atoms with van der Waals surface area (Å²) in [5.41, 5.74) is 8.36. The Morgan fingerprint density at radius 3 is 2.69 bits per heavy atom. The standard InChI is InChI=1S/C30H30Cl2N6O4/c1-37(30(34)35-18-33)14-15-42-26-8-5-13-38(25-12-9-19(31)16-23(25)26)29(40)22-11-10-20(17-27(22)41-2)36-28(39)21-6-3-4-7-24(21)32/h3-4,6-7,9-12,16-17,26H,5,8,13-15H2,1-2H3,(H2,34,35)(H,36,39). The van der Waals surface area contributed by atoms with Crippen molar-refractivity contribution >= 4 is 52.4 Å². The number of hydrogen-bond acceptors (Lipinski definition) is 6. The van der Waals surface area contributed by atoms with E-state index in [-0.39, 0.29) is 23.9 Å². The number of carbonyl (C=O) groups excluding carboxylic acids is 2. The van der Waals surface area contributed by atoms with Crippen LogP contribution in [-0.2, 0) is 4.74 Å². The molecule has 1 aliphatic rings. The van der Waals surface area contributed by atoms with E-state index in [0.29, 0.717) is 70.8 Å². The molecule has 0 aliphatic carbocycles. The highest BCUT2D eigenvalue weighted by atomic mass is 35.5. The molecule has 10 nitrogen and oxygen atoms in total. The molecular formula is C30H30Cl2N6O4. The van der Waals surface area contributed by atoms with Crippen molar-refractivity contribution in [3.05, 3.63) is 87.4 Å². The number of halogens is 2. The van der Waals surface area contributed by atoms with Crippen LogP contribution in [0.3, 0.4) is 0 Å². The van der Waals surface area contributed by atoms with Crippen LogP contribution in [0.2, 0.25) is 10.0 Å². The maximum atomic E-state index is 13.9. The van der Waals surface area contributed by atoms with Gasteiger partial charge in [0.2, 0.25) is 12.2 Å². The SMILES string of the molecule is COc1cc(NC(=O)c2ccccc2Cl)ccc1C(=O)N1CCCC(OCCN(C)C(N)=NC#N)c2cc(Cl)ccc21. The number of likely N-dealkylation sites (N-methyl/N-ethyl adjacent to an activating group) is 1. The van der Waals surface area contributed by atoms with E-state index in [1.165, 1.54) is 7.11 Å². The molecule has 1 atom stereocenters. The number of benzene rings is 3. The predicted octanol–water partition coefficient (Wildman–Crippen LogP) is 5.48. The summed E-state index contributed by atoms with van der Waals surface area (Å²) in [5.74, 6) is -0.229. The Balaban J connectivity index is 1.55. The summed E-state index contributed by atoms with van der Waals surface area (Å²) in [6, 6.07) is 17.0. The fraction of sp³-hybridized carbons (Fsp3) is 0.267. The van der Waals surface area contributed by atoms with Gasteiger partial charge < -0.3 is 30.3 Å². The first-order valence-corrected chi connectivity index (χ1v) is 13.9. The van der Waals surface area contributed by atoms with Crippen molar-refractivity contribution in [2.45, 2.75) is 18.9 Å². The van der Waals surface area contributed by atoms with Crippen LogP contribution in [0.15, 0.2) is 65.7 Å². The maximum Gasteiger partial charge on any atom is 0.262 e. The van der Waals surface area contributed by atoms with Crippen molar-refractivity contribution in [1.29, 1.82) is 5.26 Å². The van der Waals surface area contributed by atoms with Crippen LogP contribution in [0.1, 0.15) is 45.2 Å². The minimum Gasteiger partial charge on any atom is -0.496 e. The molecule has 4 rings (SSSR count). The molecule has 0 saturated carbocycles. The number of nitrogens with two attached hydrogens (primary N) is 1. The van der Waals surface area contributed by atoms with Crippen LogP contribution in [0, 0.1) is 11.5 Å². The molecule has 1 aliphatic heterocycles. The van der Waals surface area contributed by atoms with Gasteiger partial charge >= 0.3 is 0 Å². The topological polar surface area (TPSA) is 133 Å². The highest BCUT2D eigenvalue weighted by Gasteiger charge is 2.29. The zero-order valence-corrected chi connectivity index (χ0v) is 24.7. The summed E-state index contributed by atoms with van der Waals surface area (Å²) in [6.07, 6.45) is 2.68. The molecule has 2 amide bonds. The molecule has 0 aromatic heterocycles. The van der Waals surface area contributed by atoms with E-state index in [9.17, 15) is 9.59 Å². The molecule has 3 aromatic rings. The largest absolute Gasteiger partial charge is 0.496 e. The van der Waals surface area contributed by atoms with Gasteiger partial charge in [-0.3, -0.25) is 9.59 Å². The number of nitriles is 1. The van der Waals surface area contributed by atoms with E-state index in [1.54, 1.807) is 71.6 Å². The second-order valence-corrected chi connectivity index (χ2v) is 10.3. The van der Waals surface area contributed by atoms with Crippen LogP contribution in [0.5, 0.6) is 5.75 Å². The Hall–Kier alpha value is -4.30. The monoisotopic (exact) mass is 608 g/mol. The summed E-state index contributed by atoms with van der Waals surface area (Å²) in [4.78, 5) is 33.5. The number of methoxy groups -OCH3 is 1. The Labute approximate surface area is 254 Å². The van der Waals surface area contributed by atoms with Gasteiger partial charge in [-0.25, -0.2) is 0 Å². The van der Waals surface area contributed by atoms with Crippen molar-refractivity contribution in [3.8, 4) is 11.9 Å². The summed E-state index contributed by atoms with van der Waals surface area (Å²) in [6.45, 7) is 1.18. The molecule has 0 fully saturated rings. The number of ether oxygens (including phenoxy) is 2. The molecule has 12 heteroatoms. The first kappa shape index (κ1) is 30.7. The quantitative estimate of drug-likeness (QED) is 0.196. The zero-order chi connectivity index (χ0) is 30.2. The van der Waals surface area contributed by atoms with Gasteiger partial charge in [0.25, 0.3) is 11.8 Å². The molecule has 0 spiro atoms. The summed E-state index contributed by atoms with van der Waals surface area (Å²) in [7, 11) is 3.19. The Morgan fingerprint density at radius 1 is 1.17 bits per heavy atom. The highest BCUT2D eigenvalue weighted by Crippen LogP contribution is 2.38. The van der Waals surface area contributed by atoms with E-state index in [0.717, 1.165) is 5.56 Å². The first-order chi connectivity index (χ1) is 20.2. The molecule has 3 N–H and O–H groups in total. The van der Waals surface area contributed by atoms with Crippen molar-refractivity contribution in [1.82, 2.24) is 4.90 Å². The lowest BCUT2D eigenvalue weighted by molar-refractivity contribution is 0.0423. The number of nitrogens with zero attached hydrogens (tertiary/aromatic N) is 4. The van der Waals surface area contributed by atoms with E-state index in [4.69, 9.17) is 43.7 Å². The number of fused-ring (bicyclic) bond motifs is 1. The van der Waals surface area contributed by atoms with Crippen LogP contribution in [-0.4, -0.2) is 56.5 Å². The number of hydrogen-bond donors (Lipinski definition) is 2. The normalized spacial score (nSPS) is 14.8. The highest BCUT2D eigenvalue weighted by molar-refractivity contribution is 6.34. The summed E-state index contributed by atoms with van der Waals surface area (Å²) >= 11 is 12.5. The van der Waals surface area contributed by atoms with Crippen molar-refractivity contribution in [3.63, 3.8) is 0 Å². The number of carbonyl (C=O) groups is 2. The molecule has 42 heavy (non-hydrogen) atoms. The summed E-state index contributed by atoms with van der Waals surface area (Å²) < 4.78 is 11.8. The molecule has 1 heterocycles. The second kappa shape index (κ2) is 14.0. The van der Waals surface area contributed by atoms with Gasteiger partial charge in [0.05, 0.1) is 36.0 Å². The van der Waals surface area contributed by atoms with Crippen molar-refractivity contribution in [2.75, 3.05) is 44.1 Å². The lowest BCUT2D eigenvalue weighted by atomic mass is 10.0. The van der Waals surface area contributed by atoms with Crippen molar-refractivity contribution < 1.29 is 19.1 Å². The van der Waals surface area contributed by atoms with Gasteiger partial charge in [-0.05, 0) is 55.3 Å². The lowest BCUT2D eigenvalue weighted by Crippen LogP contribution is -2.36. The van der Waals surface area contributed by atoms with E-state index < -0.39 is 0 Å². The number of rotatable bonds is 8. The molecular weight excluding hydrogens is 579 g/mol. The molecule has 0 radical (unpaired) electrons. The average molecular weight is 610 g/mol. The number of anilines is 2. The minimum absolute atomic E-state index is 0.102. The number of nitrogens with one attached hydrogen (secondary N) is 1. The third kappa shape index (κ3) is 7.12. The molecule has 0 bridgehead atoms. The molecule has 218 valence electrons. The predicted molar refractivity (Wildman–Crippen MR) is 163 cm³/mol. The number of aliphatic imine (C=N–C) groups is 1. The van der Waals surface area contributed by atoms with Crippen molar-refractivity contribution in [2.24, 2.45) is 10.7 Å². The number of amides is 2. The van der Waals surface area contributed by atoms with E-state index in [1.807, 2.05) is 12.1 Å². The van der Waals surface area contributed by atoms with Crippen LogP contribution >= 0.6 is 23.2 Å². The molecule has 3 aromatic carbocycles. The first-order valence-electron chi connectivity index (χ1n) is 13.1. The minimum atomic E-state index is -0.377. The Bertz CT molecular complexity index is 1540. The summed E-state index contributed by atoms with van der Waals surface area (Å²) in [5, 5.41) is 12.4. The fourth-order valence-electron chi connectivity index (χ4n) is 4.64. The smallest absolute Gasteiger partial charge is 0.262 e. The average Bonchev–Trinajstić information content (AvgIpc) is 3.16. The van der Waals surface area contributed by atoms with Gasteiger partial charge in [-0.15, -0.1) is 4.99 Å². The van der Waals surface area contributed by atoms with Gasteiger partial charge in [0.15, 0.2) is 0 Å². The third-order valence-electron chi connectivity index (χ3n) is 6.83. The van der Waals surface area contributed by atoms with Gasteiger partial charge in [0, 0.05) is 48.2 Å². The Kier molecular flexibility index (Phi) is 10.3. The van der Waals surface area contributed by atoms with E-state index in [2.05, 4.69) is 10.3 Å². The number of guanidine groups is 1. The van der Waals surface area contributed by atoms with Crippen LogP contribution in [0.25, 0.3) is 0 Å². The third-order valence-corrected chi connectivity index (χ3v) is 7.39. The Morgan fingerprint density at radius 2 is 1.95 bits per heavy atom. The van der Waals surface area contributed by atoms with E-state index >= 15 is 0 Å². The van der Waals surface area contributed by atoms with Crippen LogP contribution < -0.4 is 20.7 Å². The second-order valence-electron chi connectivity index (χ2n) is 9.50. The fourth-order valence-corrected chi connectivity index (χ4v) is 5.04. The zero-order valence-electron chi connectivity index (χ0n) is 23.1. The lowest BCUT2D eigenvalue weighted by Gasteiger charge is -2.26. The molecule has 0 saturated heterocycles. The van der Waals surface area contributed by atoms with Crippen LogP contribution in [0.4, 0.5) is 11.4 Å². The maximum absolute atomic E-state index is 13.9.